The maximum atomic E-state index is 13.6. The maximum Gasteiger partial charge on any atom is 0.323 e. The van der Waals surface area contributed by atoms with Gasteiger partial charge in [0.05, 0.1) is 16.7 Å². The molecule has 6 rings (SSSR count). The molecule has 1 aliphatic rings. The number of hydrogen-bond donors (Lipinski definition) is 6. The molecule has 2 amide bonds. The number of carbonyl (C=O) groups is 2. The second kappa shape index (κ2) is 12.7. The van der Waals surface area contributed by atoms with Crippen LogP contribution < -0.4 is 22.1 Å². The summed E-state index contributed by atoms with van der Waals surface area (Å²) in [6.07, 6.45) is 3.67. The number of aryl methyl sites for hydroxylation is 1. The number of aromatic amines is 3. The normalized spacial score (nSPS) is 17.5. The highest BCUT2D eigenvalue weighted by molar-refractivity contribution is 5.98. The Bertz CT molecular complexity index is 1890. The highest BCUT2D eigenvalue weighted by Gasteiger charge is 2.29. The number of benzene rings is 2. The highest BCUT2D eigenvalue weighted by Crippen LogP contribution is 2.29. The first-order valence-corrected chi connectivity index (χ1v) is 15.7. The number of amides is 2. The van der Waals surface area contributed by atoms with E-state index >= 15 is 0 Å². The van der Waals surface area contributed by atoms with Gasteiger partial charge in [-0.25, -0.2) is 14.8 Å². The highest BCUT2D eigenvalue weighted by atomic mass is 16.2. The van der Waals surface area contributed by atoms with Gasteiger partial charge in [0.2, 0.25) is 11.8 Å². The van der Waals surface area contributed by atoms with Crippen LogP contribution in [0.4, 0.5) is 5.69 Å². The van der Waals surface area contributed by atoms with E-state index in [-0.39, 0.29) is 29.3 Å². The average Bonchev–Trinajstić information content (AvgIpc) is 3.62. The summed E-state index contributed by atoms with van der Waals surface area (Å²) in [5.74, 6) is 1.05. The van der Waals surface area contributed by atoms with E-state index in [1.165, 1.54) is 0 Å². The van der Waals surface area contributed by atoms with Crippen molar-refractivity contribution in [3.63, 3.8) is 0 Å². The molecular weight excluding hydrogens is 568 g/mol. The minimum Gasteiger partial charge on any atom is -0.344 e. The van der Waals surface area contributed by atoms with E-state index in [9.17, 15) is 14.4 Å². The van der Waals surface area contributed by atoms with E-state index in [1.807, 2.05) is 37.3 Å². The minimum absolute atomic E-state index is 0.110. The molecular formula is C34H40N8O3. The van der Waals surface area contributed by atoms with Crippen molar-refractivity contribution in [2.45, 2.75) is 64.8 Å². The van der Waals surface area contributed by atoms with Crippen LogP contribution in [-0.4, -0.2) is 49.3 Å². The largest absolute Gasteiger partial charge is 0.344 e. The van der Waals surface area contributed by atoms with Crippen molar-refractivity contribution < 1.29 is 9.59 Å². The van der Waals surface area contributed by atoms with Crippen LogP contribution in [0.25, 0.3) is 33.5 Å². The van der Waals surface area contributed by atoms with Crippen LogP contribution in [0.3, 0.4) is 0 Å². The zero-order chi connectivity index (χ0) is 31.7. The number of rotatable bonds is 9. The number of pyridine rings is 1. The van der Waals surface area contributed by atoms with Crippen LogP contribution in [0.5, 0.6) is 0 Å². The fourth-order valence-electron chi connectivity index (χ4n) is 6.15. The first kappa shape index (κ1) is 30.3. The predicted octanol–water partition coefficient (Wildman–Crippen LogP) is 4.66. The Morgan fingerprint density at radius 3 is 2.40 bits per heavy atom. The van der Waals surface area contributed by atoms with Gasteiger partial charge in [-0.05, 0) is 80.5 Å². The van der Waals surface area contributed by atoms with Crippen LogP contribution in [0.15, 0.2) is 53.3 Å². The lowest BCUT2D eigenvalue weighted by Crippen LogP contribution is -2.48. The third-order valence-corrected chi connectivity index (χ3v) is 8.86. The summed E-state index contributed by atoms with van der Waals surface area (Å²) in [4.78, 5) is 57.0. The molecule has 3 heterocycles. The lowest BCUT2D eigenvalue weighted by molar-refractivity contribution is -0.130. The number of anilines is 1. The Morgan fingerprint density at radius 1 is 0.956 bits per heavy atom. The molecule has 0 spiro atoms. The van der Waals surface area contributed by atoms with Crippen molar-refractivity contribution in [3.8, 4) is 11.3 Å². The van der Waals surface area contributed by atoms with Crippen LogP contribution in [-0.2, 0) is 16.0 Å². The van der Waals surface area contributed by atoms with Crippen molar-refractivity contribution >= 4 is 39.7 Å². The zero-order valence-corrected chi connectivity index (χ0v) is 25.9. The number of fused-ring (bicyclic) bond motifs is 2. The number of nitrogens with one attached hydrogen (secondary N) is 5. The third kappa shape index (κ3) is 6.68. The Labute approximate surface area is 260 Å². The quantitative estimate of drug-likeness (QED) is 0.142. The lowest BCUT2D eigenvalue weighted by atomic mass is 9.81. The fraction of sp³-hybridized carbons (Fsp3) is 0.382. The Hall–Kier alpha value is -4.77. The van der Waals surface area contributed by atoms with Gasteiger partial charge >= 0.3 is 5.69 Å². The topological polar surface area (TPSA) is 174 Å². The lowest BCUT2D eigenvalue weighted by Gasteiger charge is -2.28. The molecule has 0 bridgehead atoms. The second-order valence-electron chi connectivity index (χ2n) is 12.5. The van der Waals surface area contributed by atoms with Crippen LogP contribution >= 0.6 is 0 Å². The van der Waals surface area contributed by atoms with Gasteiger partial charge in [0.25, 0.3) is 0 Å². The molecule has 1 saturated carbocycles. The van der Waals surface area contributed by atoms with E-state index in [4.69, 9.17) is 10.7 Å². The Balaban J connectivity index is 1.22. The van der Waals surface area contributed by atoms with Crippen LogP contribution in [0, 0.1) is 18.8 Å². The fourth-order valence-corrected chi connectivity index (χ4v) is 6.15. The number of imidazole rings is 2. The van der Waals surface area contributed by atoms with Crippen molar-refractivity contribution in [2.75, 3.05) is 11.9 Å². The molecule has 0 unspecified atom stereocenters. The first-order valence-electron chi connectivity index (χ1n) is 15.7. The van der Waals surface area contributed by atoms with Gasteiger partial charge in [-0.3, -0.25) is 9.59 Å². The molecule has 7 N–H and O–H groups in total. The van der Waals surface area contributed by atoms with E-state index in [2.05, 4.69) is 44.4 Å². The molecule has 45 heavy (non-hydrogen) atoms. The molecule has 2 aromatic carbocycles. The number of H-pyrrole nitrogens is 3. The number of nitrogens with zero attached hydrogens (tertiary/aromatic N) is 2. The summed E-state index contributed by atoms with van der Waals surface area (Å²) in [5.41, 5.74) is 12.6. The van der Waals surface area contributed by atoms with E-state index < -0.39 is 6.04 Å². The van der Waals surface area contributed by atoms with Crippen molar-refractivity contribution in [1.29, 1.82) is 0 Å². The summed E-state index contributed by atoms with van der Waals surface area (Å²) in [7, 11) is 0. The van der Waals surface area contributed by atoms with Gasteiger partial charge in [0, 0.05) is 29.5 Å². The van der Waals surface area contributed by atoms with Gasteiger partial charge in [-0.1, -0.05) is 38.1 Å². The molecule has 3 aromatic heterocycles. The number of aromatic nitrogens is 5. The van der Waals surface area contributed by atoms with E-state index in [0.29, 0.717) is 35.6 Å². The molecule has 0 radical (unpaired) electrons. The summed E-state index contributed by atoms with van der Waals surface area (Å²) in [6, 6.07) is 14.3. The van der Waals surface area contributed by atoms with E-state index in [0.717, 1.165) is 65.1 Å². The van der Waals surface area contributed by atoms with Crippen molar-refractivity contribution in [1.82, 2.24) is 30.2 Å². The number of carbonyl (C=O) groups excluding carboxylic acids is 2. The van der Waals surface area contributed by atoms with E-state index in [1.54, 1.807) is 18.2 Å². The molecule has 5 aromatic rings. The predicted molar refractivity (Wildman–Crippen MR) is 176 cm³/mol. The van der Waals surface area contributed by atoms with Gasteiger partial charge in [0.1, 0.15) is 17.4 Å². The van der Waals surface area contributed by atoms with Gasteiger partial charge in [0.15, 0.2) is 5.65 Å². The molecule has 0 aliphatic heterocycles. The summed E-state index contributed by atoms with van der Waals surface area (Å²) < 4.78 is 0. The van der Waals surface area contributed by atoms with Crippen molar-refractivity contribution in [2.24, 2.45) is 17.6 Å². The van der Waals surface area contributed by atoms with Crippen LogP contribution in [0.1, 0.15) is 62.4 Å². The second-order valence-corrected chi connectivity index (χ2v) is 12.5. The monoisotopic (exact) mass is 608 g/mol. The van der Waals surface area contributed by atoms with Crippen LogP contribution in [0.2, 0.25) is 0 Å². The van der Waals surface area contributed by atoms with Gasteiger partial charge < -0.3 is 31.3 Å². The maximum absolute atomic E-state index is 13.6. The summed E-state index contributed by atoms with van der Waals surface area (Å²) >= 11 is 0. The summed E-state index contributed by atoms with van der Waals surface area (Å²) in [6.45, 7) is 6.84. The number of nitrogens with two attached hydrogens (primary N) is 1. The molecule has 234 valence electrons. The number of hydrogen-bond acceptors (Lipinski definition) is 6. The molecule has 1 aliphatic carbocycles. The minimum atomic E-state index is -0.799. The average molecular weight is 609 g/mol. The zero-order valence-electron chi connectivity index (χ0n) is 25.9. The first-order chi connectivity index (χ1) is 21.7. The van der Waals surface area contributed by atoms with Gasteiger partial charge in [-0.15, -0.1) is 0 Å². The molecule has 1 atom stereocenters. The Morgan fingerprint density at radius 2 is 1.69 bits per heavy atom. The standard InChI is InChI=1S/C34H40N8O3/c1-18(2)30-37-27-14-19(3)29(41-31(27)42-30)22-8-4-20(5-9-22)15-28(38-32(43)23-10-6-21(17-35)7-11-23)33(44)36-24-12-13-25-26(16-24)40-34(45)39-25/h4-5,8-9,12-14,16,18,21,23,28H,6-7,10-11,15,17,35H2,1-3H3,(H,36,44)(H,38,43)(H,37,41,42)(H2,39,40,45)/t21-,23-,28-/m0/s1. The third-order valence-electron chi connectivity index (χ3n) is 8.86. The molecule has 0 saturated heterocycles. The molecule has 11 nitrogen and oxygen atoms in total. The summed E-state index contributed by atoms with van der Waals surface area (Å²) in [5, 5.41) is 5.98. The SMILES string of the molecule is Cc1cc2nc(C(C)C)[nH]c2nc1-c1ccc(C[C@H](NC(=O)[C@H]2CC[C@H](CN)CC2)C(=O)Nc2ccc3[nH]c(=O)[nH]c3c2)cc1. The van der Waals surface area contributed by atoms with Gasteiger partial charge in [-0.2, -0.15) is 0 Å². The smallest absolute Gasteiger partial charge is 0.323 e. The molecule has 11 heteroatoms. The van der Waals surface area contributed by atoms with Crippen molar-refractivity contribution in [3.05, 3.63) is 76.0 Å². The Kier molecular flexibility index (Phi) is 8.53. The molecule has 1 fully saturated rings.